The van der Waals surface area contributed by atoms with Gasteiger partial charge in [0.2, 0.25) is 0 Å². The second-order valence-corrected chi connectivity index (χ2v) is 5.07. The van der Waals surface area contributed by atoms with Crippen LogP contribution in [0.15, 0.2) is 0 Å². The van der Waals surface area contributed by atoms with Gasteiger partial charge < -0.3 is 5.32 Å². The van der Waals surface area contributed by atoms with E-state index < -0.39 is 0 Å². The molecule has 1 unspecified atom stereocenters. The van der Waals surface area contributed by atoms with Crippen LogP contribution in [0, 0.1) is 6.92 Å². The number of hydrogen-bond donors (Lipinski definition) is 1. The van der Waals surface area contributed by atoms with Crippen LogP contribution in [0.2, 0.25) is 0 Å². The summed E-state index contributed by atoms with van der Waals surface area (Å²) in [7, 11) is 0. The molecule has 0 aliphatic heterocycles. The van der Waals surface area contributed by atoms with Crippen LogP contribution in [0.4, 0.5) is 0 Å². The molecule has 0 aliphatic rings. The zero-order valence-corrected chi connectivity index (χ0v) is 10.5. The summed E-state index contributed by atoms with van der Waals surface area (Å²) in [4.78, 5) is 5.92. The number of nitrogens with one attached hydrogen (secondary N) is 1. The molecule has 1 rings (SSSR count). The Balaban J connectivity index is 2.78. The molecule has 0 bridgehead atoms. The van der Waals surface area contributed by atoms with E-state index in [1.807, 2.05) is 11.3 Å². The molecule has 0 amide bonds. The van der Waals surface area contributed by atoms with E-state index in [0.29, 0.717) is 12.1 Å². The predicted octanol–water partition coefficient (Wildman–Crippen LogP) is 3.07. The van der Waals surface area contributed by atoms with Gasteiger partial charge >= 0.3 is 0 Å². The lowest BCUT2D eigenvalue weighted by atomic mass is 10.2. The molecular weight excluding hydrogens is 192 g/mol. The number of aryl methyl sites for hydroxylation is 2. The van der Waals surface area contributed by atoms with Crippen LogP contribution in [-0.2, 0) is 6.42 Å². The summed E-state index contributed by atoms with van der Waals surface area (Å²) in [6, 6.07) is 0.948. The summed E-state index contributed by atoms with van der Waals surface area (Å²) in [5.74, 6) is 0. The fourth-order valence-electron chi connectivity index (χ4n) is 1.59. The first-order valence-electron chi connectivity index (χ1n) is 5.26. The van der Waals surface area contributed by atoms with E-state index in [2.05, 4.69) is 44.9 Å². The van der Waals surface area contributed by atoms with Gasteiger partial charge in [0.15, 0.2) is 0 Å². The van der Waals surface area contributed by atoms with Crippen molar-refractivity contribution in [3.63, 3.8) is 0 Å². The second-order valence-electron chi connectivity index (χ2n) is 3.95. The lowest BCUT2D eigenvalue weighted by molar-refractivity contribution is 0.510. The summed E-state index contributed by atoms with van der Waals surface area (Å²) >= 11 is 1.84. The number of aromatic nitrogens is 1. The van der Waals surface area contributed by atoms with Gasteiger partial charge in [-0.15, -0.1) is 11.3 Å². The van der Waals surface area contributed by atoms with Gasteiger partial charge in [0, 0.05) is 17.0 Å². The fourth-order valence-corrected chi connectivity index (χ4v) is 2.61. The summed E-state index contributed by atoms with van der Waals surface area (Å²) in [6.45, 7) is 10.8. The molecule has 14 heavy (non-hydrogen) atoms. The Labute approximate surface area is 90.8 Å². The van der Waals surface area contributed by atoms with Crippen LogP contribution < -0.4 is 5.32 Å². The Morgan fingerprint density at radius 2 is 2.00 bits per heavy atom. The Morgan fingerprint density at radius 1 is 1.36 bits per heavy atom. The molecular formula is C11H20N2S. The summed E-state index contributed by atoms with van der Waals surface area (Å²) in [5, 5.41) is 4.75. The minimum absolute atomic E-state index is 0.424. The van der Waals surface area contributed by atoms with Crippen LogP contribution in [0.1, 0.15) is 49.3 Å². The van der Waals surface area contributed by atoms with Crippen molar-refractivity contribution in [2.24, 2.45) is 0 Å². The van der Waals surface area contributed by atoms with Gasteiger partial charge in [-0.05, 0) is 20.3 Å². The third kappa shape index (κ3) is 2.79. The topological polar surface area (TPSA) is 24.9 Å². The van der Waals surface area contributed by atoms with Gasteiger partial charge in [-0.2, -0.15) is 0 Å². The van der Waals surface area contributed by atoms with Crippen LogP contribution in [0.5, 0.6) is 0 Å². The third-order valence-corrected chi connectivity index (χ3v) is 3.64. The molecule has 1 aromatic rings. The molecule has 0 fully saturated rings. The van der Waals surface area contributed by atoms with Gasteiger partial charge in [0.05, 0.1) is 10.7 Å². The molecule has 3 heteroatoms. The monoisotopic (exact) mass is 212 g/mol. The Bertz CT molecular complexity index is 291. The molecule has 80 valence electrons. The largest absolute Gasteiger partial charge is 0.307 e. The van der Waals surface area contributed by atoms with Crippen molar-refractivity contribution in [2.75, 3.05) is 0 Å². The fraction of sp³-hybridized carbons (Fsp3) is 0.727. The Hall–Kier alpha value is -0.410. The van der Waals surface area contributed by atoms with E-state index >= 15 is 0 Å². The molecule has 0 radical (unpaired) electrons. The normalized spacial score (nSPS) is 13.6. The molecule has 0 aromatic carbocycles. The SMILES string of the molecule is CCc1nc(C)c(C(C)NC(C)C)s1. The van der Waals surface area contributed by atoms with Crippen molar-refractivity contribution in [3.8, 4) is 0 Å². The van der Waals surface area contributed by atoms with Crippen LogP contribution in [0.3, 0.4) is 0 Å². The smallest absolute Gasteiger partial charge is 0.0928 e. The molecule has 0 spiro atoms. The van der Waals surface area contributed by atoms with Gasteiger partial charge in [-0.1, -0.05) is 20.8 Å². The zero-order chi connectivity index (χ0) is 10.7. The maximum atomic E-state index is 4.54. The molecule has 1 N–H and O–H groups in total. The molecule has 1 aromatic heterocycles. The highest BCUT2D eigenvalue weighted by molar-refractivity contribution is 7.11. The maximum absolute atomic E-state index is 4.54. The lowest BCUT2D eigenvalue weighted by Gasteiger charge is -2.15. The average molecular weight is 212 g/mol. The zero-order valence-electron chi connectivity index (χ0n) is 9.72. The number of hydrogen-bond acceptors (Lipinski definition) is 3. The third-order valence-electron chi connectivity index (χ3n) is 2.16. The second kappa shape index (κ2) is 4.89. The van der Waals surface area contributed by atoms with Gasteiger partial charge in [0.25, 0.3) is 0 Å². The van der Waals surface area contributed by atoms with Crippen molar-refractivity contribution < 1.29 is 0 Å². The number of nitrogens with zero attached hydrogens (tertiary/aromatic N) is 1. The van der Waals surface area contributed by atoms with Crippen molar-refractivity contribution >= 4 is 11.3 Å². The van der Waals surface area contributed by atoms with Crippen molar-refractivity contribution in [3.05, 3.63) is 15.6 Å². The first-order valence-corrected chi connectivity index (χ1v) is 6.08. The molecule has 2 nitrogen and oxygen atoms in total. The summed E-state index contributed by atoms with van der Waals surface area (Å²) in [5.41, 5.74) is 1.19. The highest BCUT2D eigenvalue weighted by atomic mass is 32.1. The molecule has 0 aliphatic carbocycles. The van der Waals surface area contributed by atoms with Crippen LogP contribution >= 0.6 is 11.3 Å². The van der Waals surface area contributed by atoms with Gasteiger partial charge in [-0.3, -0.25) is 0 Å². The number of rotatable bonds is 4. The summed E-state index contributed by atoms with van der Waals surface area (Å²) in [6.07, 6.45) is 1.04. The molecule has 0 saturated heterocycles. The minimum atomic E-state index is 0.424. The first-order chi connectivity index (χ1) is 6.54. The molecule has 1 atom stereocenters. The highest BCUT2D eigenvalue weighted by Crippen LogP contribution is 2.25. The van der Waals surface area contributed by atoms with Crippen LogP contribution in [0.25, 0.3) is 0 Å². The van der Waals surface area contributed by atoms with Crippen molar-refractivity contribution in [1.29, 1.82) is 0 Å². The first kappa shape index (κ1) is 11.7. The predicted molar refractivity (Wildman–Crippen MR) is 62.9 cm³/mol. The van der Waals surface area contributed by atoms with Gasteiger partial charge in [-0.25, -0.2) is 4.98 Å². The van der Waals surface area contributed by atoms with E-state index in [4.69, 9.17) is 0 Å². The Morgan fingerprint density at radius 3 is 2.43 bits per heavy atom. The Kier molecular flexibility index (Phi) is 4.08. The van der Waals surface area contributed by atoms with Crippen molar-refractivity contribution in [2.45, 2.75) is 53.1 Å². The van der Waals surface area contributed by atoms with E-state index in [1.165, 1.54) is 15.6 Å². The standard InChI is InChI=1S/C11H20N2S/c1-6-10-13-9(5)11(14-10)8(4)12-7(2)3/h7-8,12H,6H2,1-5H3. The van der Waals surface area contributed by atoms with E-state index in [0.717, 1.165) is 6.42 Å². The molecule has 1 heterocycles. The number of thiazole rings is 1. The minimum Gasteiger partial charge on any atom is -0.307 e. The van der Waals surface area contributed by atoms with E-state index in [-0.39, 0.29) is 0 Å². The maximum Gasteiger partial charge on any atom is 0.0928 e. The van der Waals surface area contributed by atoms with E-state index in [1.54, 1.807) is 0 Å². The van der Waals surface area contributed by atoms with Crippen LogP contribution in [-0.4, -0.2) is 11.0 Å². The summed E-state index contributed by atoms with van der Waals surface area (Å²) < 4.78 is 0. The van der Waals surface area contributed by atoms with E-state index in [9.17, 15) is 0 Å². The van der Waals surface area contributed by atoms with Gasteiger partial charge in [0.1, 0.15) is 0 Å². The average Bonchev–Trinajstić information content (AvgIpc) is 2.45. The van der Waals surface area contributed by atoms with Crippen molar-refractivity contribution in [1.82, 2.24) is 10.3 Å². The highest BCUT2D eigenvalue weighted by Gasteiger charge is 2.13. The lowest BCUT2D eigenvalue weighted by Crippen LogP contribution is -2.25. The quantitative estimate of drug-likeness (QED) is 0.829. The molecule has 0 saturated carbocycles.